The first-order chi connectivity index (χ1) is 23.9. The van der Waals surface area contributed by atoms with Crippen LogP contribution in [0.2, 0.25) is 0 Å². The van der Waals surface area contributed by atoms with Gasteiger partial charge in [0.2, 0.25) is 11.8 Å². The zero-order valence-corrected chi connectivity index (χ0v) is 28.0. The Labute approximate surface area is 285 Å². The van der Waals surface area contributed by atoms with Crippen LogP contribution in [0.15, 0.2) is 72.9 Å². The van der Waals surface area contributed by atoms with E-state index in [9.17, 15) is 14.4 Å². The molecule has 3 amide bonds. The standard InChI is InChI=1S/C36H42N6O7/c1-46-30-14-13-26(22-32(30)48-3)23-33(43)41-18-15-27-24-42(40-39-27)17-8-20-49-34-28(11-7-12-31(34)47-2)35(44)38-29(36(45)37-16-19-41)21-25-9-5-4-6-10-25/h4-7,9-14,22,24,29H,8,15-21,23H2,1-3H3,(H,37,45)(H,38,44)/t29-/m0/s1. The Kier molecular flexibility index (Phi) is 12.0. The molecule has 0 spiro atoms. The van der Waals surface area contributed by atoms with Crippen LogP contribution in [0.5, 0.6) is 23.0 Å². The number of carbonyl (C=O) groups is 3. The molecule has 5 rings (SSSR count). The predicted molar refractivity (Wildman–Crippen MR) is 181 cm³/mol. The van der Waals surface area contributed by atoms with Gasteiger partial charge in [-0.05, 0) is 35.4 Å². The third kappa shape index (κ3) is 9.28. The van der Waals surface area contributed by atoms with Gasteiger partial charge < -0.3 is 34.5 Å². The van der Waals surface area contributed by atoms with Gasteiger partial charge in [-0.2, -0.15) is 0 Å². The number of hydrogen-bond donors (Lipinski definition) is 2. The molecule has 1 aliphatic heterocycles. The zero-order chi connectivity index (χ0) is 34.6. The lowest BCUT2D eigenvalue weighted by molar-refractivity contribution is -0.131. The summed E-state index contributed by atoms with van der Waals surface area (Å²) in [4.78, 5) is 42.8. The minimum atomic E-state index is -0.902. The second-order valence-corrected chi connectivity index (χ2v) is 11.5. The fraction of sp³-hybridized carbons (Fsp3) is 0.361. The molecule has 49 heavy (non-hydrogen) atoms. The number of amides is 3. The van der Waals surface area contributed by atoms with E-state index < -0.39 is 11.9 Å². The predicted octanol–water partition coefficient (Wildman–Crippen LogP) is 2.86. The van der Waals surface area contributed by atoms with Gasteiger partial charge in [-0.25, -0.2) is 0 Å². The smallest absolute Gasteiger partial charge is 0.255 e. The van der Waals surface area contributed by atoms with Crippen LogP contribution >= 0.6 is 0 Å². The lowest BCUT2D eigenvalue weighted by Crippen LogP contribution is -2.50. The van der Waals surface area contributed by atoms with E-state index in [-0.39, 0.29) is 49.9 Å². The van der Waals surface area contributed by atoms with Crippen LogP contribution in [0.1, 0.15) is 33.6 Å². The normalized spacial score (nSPS) is 16.1. The van der Waals surface area contributed by atoms with Gasteiger partial charge >= 0.3 is 0 Å². The highest BCUT2D eigenvalue weighted by Gasteiger charge is 2.26. The number of aromatic nitrogens is 3. The van der Waals surface area contributed by atoms with E-state index >= 15 is 0 Å². The quantitative estimate of drug-likeness (QED) is 0.303. The van der Waals surface area contributed by atoms with Crippen molar-refractivity contribution >= 4 is 17.7 Å². The van der Waals surface area contributed by atoms with Crippen LogP contribution < -0.4 is 29.6 Å². The van der Waals surface area contributed by atoms with Crippen LogP contribution in [-0.4, -0.2) is 91.2 Å². The van der Waals surface area contributed by atoms with Crippen molar-refractivity contribution in [3.05, 3.63) is 95.3 Å². The molecule has 13 nitrogen and oxygen atoms in total. The number of nitrogens with zero attached hydrogens (tertiary/aromatic N) is 4. The van der Waals surface area contributed by atoms with E-state index in [0.717, 1.165) is 16.8 Å². The first-order valence-electron chi connectivity index (χ1n) is 16.2. The van der Waals surface area contributed by atoms with E-state index in [0.29, 0.717) is 48.9 Å². The first-order valence-corrected chi connectivity index (χ1v) is 16.2. The summed E-state index contributed by atoms with van der Waals surface area (Å²) < 4.78 is 24.1. The molecule has 0 radical (unpaired) electrons. The van der Waals surface area contributed by atoms with Crippen molar-refractivity contribution < 1.29 is 33.3 Å². The molecule has 258 valence electrons. The Morgan fingerprint density at radius 3 is 2.47 bits per heavy atom. The summed E-state index contributed by atoms with van der Waals surface area (Å²) in [5.41, 5.74) is 2.62. The molecule has 2 N–H and O–H groups in total. The molecule has 0 unspecified atom stereocenters. The number of para-hydroxylation sites is 1. The number of hydrogen-bond acceptors (Lipinski definition) is 9. The van der Waals surface area contributed by atoms with Gasteiger partial charge in [-0.3, -0.25) is 19.1 Å². The van der Waals surface area contributed by atoms with E-state index in [1.165, 1.54) is 7.11 Å². The van der Waals surface area contributed by atoms with Crippen molar-refractivity contribution in [1.29, 1.82) is 0 Å². The molecule has 0 saturated carbocycles. The molecule has 4 aromatic rings. The lowest BCUT2D eigenvalue weighted by Gasteiger charge is -2.24. The lowest BCUT2D eigenvalue weighted by atomic mass is 10.0. The number of methoxy groups -OCH3 is 3. The SMILES string of the molecule is COc1ccc(CC(=O)N2CCNC(=O)[C@H](Cc3ccccc3)NC(=O)c3cccc(OC)c3OCCCn3cc(nn3)CC2)cc1OC. The van der Waals surface area contributed by atoms with Crippen LogP contribution in [0.25, 0.3) is 0 Å². The zero-order valence-electron chi connectivity index (χ0n) is 28.0. The Morgan fingerprint density at radius 1 is 0.898 bits per heavy atom. The molecule has 3 aromatic carbocycles. The Bertz CT molecular complexity index is 1730. The molecule has 13 heteroatoms. The number of benzene rings is 3. The molecule has 2 bridgehead atoms. The fourth-order valence-electron chi connectivity index (χ4n) is 5.59. The highest BCUT2D eigenvalue weighted by atomic mass is 16.5. The molecule has 1 atom stereocenters. The topological polar surface area (TPSA) is 146 Å². The maximum Gasteiger partial charge on any atom is 0.255 e. The molecule has 0 saturated heterocycles. The monoisotopic (exact) mass is 670 g/mol. The Morgan fingerprint density at radius 2 is 1.69 bits per heavy atom. The van der Waals surface area contributed by atoms with Gasteiger partial charge in [0.25, 0.3) is 5.91 Å². The maximum atomic E-state index is 13.7. The number of fused-ring (bicyclic) bond motifs is 3. The number of aryl methyl sites for hydroxylation is 1. The first kappa shape index (κ1) is 34.7. The minimum absolute atomic E-state index is 0.122. The minimum Gasteiger partial charge on any atom is -0.493 e. The van der Waals surface area contributed by atoms with Gasteiger partial charge in [0, 0.05) is 51.6 Å². The van der Waals surface area contributed by atoms with Gasteiger partial charge in [-0.1, -0.05) is 47.7 Å². The molecule has 1 aromatic heterocycles. The highest BCUT2D eigenvalue weighted by Crippen LogP contribution is 2.31. The highest BCUT2D eigenvalue weighted by molar-refractivity contribution is 6.00. The molecule has 1 aliphatic rings. The average molecular weight is 671 g/mol. The van der Waals surface area contributed by atoms with E-state index in [1.54, 1.807) is 54.1 Å². The Hall–Kier alpha value is -5.59. The molecule has 0 fully saturated rings. The van der Waals surface area contributed by atoms with Crippen molar-refractivity contribution in [2.24, 2.45) is 0 Å². The summed E-state index contributed by atoms with van der Waals surface area (Å²) in [5, 5.41) is 14.4. The summed E-state index contributed by atoms with van der Waals surface area (Å²) in [6.07, 6.45) is 3.28. The average Bonchev–Trinajstić information content (AvgIpc) is 3.58. The number of carbonyl (C=O) groups excluding carboxylic acids is 3. The number of ether oxygens (including phenoxy) is 4. The summed E-state index contributed by atoms with van der Waals surface area (Å²) in [7, 11) is 4.62. The largest absolute Gasteiger partial charge is 0.493 e. The second-order valence-electron chi connectivity index (χ2n) is 11.5. The van der Waals surface area contributed by atoms with Crippen molar-refractivity contribution in [3.63, 3.8) is 0 Å². The van der Waals surface area contributed by atoms with Crippen molar-refractivity contribution in [1.82, 2.24) is 30.5 Å². The van der Waals surface area contributed by atoms with E-state index in [2.05, 4.69) is 20.9 Å². The second kappa shape index (κ2) is 17.0. The summed E-state index contributed by atoms with van der Waals surface area (Å²) in [5.74, 6) is 0.821. The Balaban J connectivity index is 1.39. The third-order valence-corrected chi connectivity index (χ3v) is 8.19. The van der Waals surface area contributed by atoms with E-state index in [4.69, 9.17) is 18.9 Å². The van der Waals surface area contributed by atoms with Crippen molar-refractivity contribution in [3.8, 4) is 23.0 Å². The van der Waals surface area contributed by atoms with Crippen molar-refractivity contribution in [2.75, 3.05) is 47.6 Å². The summed E-state index contributed by atoms with van der Waals surface area (Å²) in [6.45, 7) is 1.58. The molecule has 2 heterocycles. The molecular weight excluding hydrogens is 628 g/mol. The summed E-state index contributed by atoms with van der Waals surface area (Å²) in [6, 6.07) is 19.0. The van der Waals surface area contributed by atoms with Crippen LogP contribution in [0, 0.1) is 0 Å². The van der Waals surface area contributed by atoms with Gasteiger partial charge in [0.1, 0.15) is 6.04 Å². The molecular formula is C36H42N6O7. The number of nitrogens with one attached hydrogen (secondary N) is 2. The van der Waals surface area contributed by atoms with E-state index in [1.807, 2.05) is 42.6 Å². The fourth-order valence-corrected chi connectivity index (χ4v) is 5.59. The third-order valence-electron chi connectivity index (χ3n) is 8.19. The molecule has 0 aliphatic carbocycles. The summed E-state index contributed by atoms with van der Waals surface area (Å²) >= 11 is 0. The van der Waals surface area contributed by atoms with Crippen molar-refractivity contribution in [2.45, 2.75) is 38.3 Å². The number of rotatable bonds is 7. The van der Waals surface area contributed by atoms with Crippen LogP contribution in [0.3, 0.4) is 0 Å². The van der Waals surface area contributed by atoms with Crippen LogP contribution in [0.4, 0.5) is 0 Å². The van der Waals surface area contributed by atoms with Gasteiger partial charge in [0.15, 0.2) is 23.0 Å². The maximum absolute atomic E-state index is 13.7. The van der Waals surface area contributed by atoms with Gasteiger partial charge in [-0.15, -0.1) is 5.10 Å². The van der Waals surface area contributed by atoms with Gasteiger partial charge in [0.05, 0.1) is 45.6 Å². The van der Waals surface area contributed by atoms with Crippen LogP contribution in [-0.2, 0) is 35.4 Å².